The molecule has 0 unspecified atom stereocenters. The van der Waals surface area contributed by atoms with E-state index in [1.165, 1.54) is 23.0 Å². The van der Waals surface area contributed by atoms with Crippen LogP contribution in [-0.2, 0) is 25.7 Å². The molecule has 1 aromatic heterocycles. The monoisotopic (exact) mass is 812 g/mol. The SMILES string of the molecule is CCOC(=O)C1=C(C)N=c2s/c(=C\c3ccc(OCc4ccc(I)cc4)c(OCC)c3)c(=O)n2[C@@H]1c1ccc(OCC(=O)OC)c(OCC)c1. The molecule has 3 aromatic carbocycles. The zero-order valence-corrected chi connectivity index (χ0v) is 31.3. The zero-order valence-electron chi connectivity index (χ0n) is 28.3. The third kappa shape index (κ3) is 8.38. The lowest BCUT2D eigenvalue weighted by atomic mass is 9.95. The van der Waals surface area contributed by atoms with E-state index >= 15 is 0 Å². The van der Waals surface area contributed by atoms with Crippen molar-refractivity contribution >= 4 is 51.9 Å². The van der Waals surface area contributed by atoms with Crippen molar-refractivity contribution in [2.45, 2.75) is 40.3 Å². The van der Waals surface area contributed by atoms with E-state index in [4.69, 9.17) is 28.4 Å². The summed E-state index contributed by atoms with van der Waals surface area (Å²) in [5.41, 5.74) is 2.64. The molecule has 262 valence electrons. The molecule has 0 saturated carbocycles. The Labute approximate surface area is 306 Å². The number of carbonyl (C=O) groups excluding carboxylic acids is 2. The van der Waals surface area contributed by atoms with Gasteiger partial charge in [0.05, 0.1) is 48.8 Å². The molecule has 1 aliphatic heterocycles. The van der Waals surface area contributed by atoms with Gasteiger partial charge in [-0.3, -0.25) is 9.36 Å². The van der Waals surface area contributed by atoms with Gasteiger partial charge in [-0.05, 0) is 109 Å². The van der Waals surface area contributed by atoms with Crippen molar-refractivity contribution in [2.75, 3.05) is 33.5 Å². The molecule has 11 nitrogen and oxygen atoms in total. The van der Waals surface area contributed by atoms with Crippen molar-refractivity contribution in [3.8, 4) is 23.0 Å². The van der Waals surface area contributed by atoms with Crippen LogP contribution >= 0.6 is 33.9 Å². The minimum atomic E-state index is -0.877. The maximum atomic E-state index is 14.2. The number of halogens is 1. The summed E-state index contributed by atoms with van der Waals surface area (Å²) in [6.45, 7) is 8.08. The number of carbonyl (C=O) groups is 2. The number of esters is 2. The maximum Gasteiger partial charge on any atom is 0.343 e. The Bertz CT molecular complexity index is 2090. The molecule has 5 rings (SSSR count). The second-order valence-corrected chi connectivity index (χ2v) is 13.1. The lowest BCUT2D eigenvalue weighted by molar-refractivity contribution is -0.143. The molecule has 0 spiro atoms. The number of benzene rings is 3. The van der Waals surface area contributed by atoms with Gasteiger partial charge in [0.25, 0.3) is 5.56 Å². The van der Waals surface area contributed by atoms with Crippen molar-refractivity contribution in [2.24, 2.45) is 4.99 Å². The molecule has 1 aliphatic rings. The molecule has 0 aliphatic carbocycles. The molecule has 2 heterocycles. The summed E-state index contributed by atoms with van der Waals surface area (Å²) in [6.07, 6.45) is 1.77. The van der Waals surface area contributed by atoms with Crippen LogP contribution < -0.4 is 33.8 Å². The van der Waals surface area contributed by atoms with E-state index in [1.807, 2.05) is 56.3 Å². The minimum absolute atomic E-state index is 0.143. The molecular formula is C37H37IN2O9S. The summed E-state index contributed by atoms with van der Waals surface area (Å²) < 4.78 is 36.7. The molecule has 1 atom stereocenters. The highest BCUT2D eigenvalue weighted by molar-refractivity contribution is 14.1. The predicted molar refractivity (Wildman–Crippen MR) is 197 cm³/mol. The molecular weight excluding hydrogens is 775 g/mol. The second kappa shape index (κ2) is 16.9. The van der Waals surface area contributed by atoms with Gasteiger partial charge in [0.15, 0.2) is 34.4 Å². The number of hydrogen-bond donors (Lipinski definition) is 0. The molecule has 0 fully saturated rings. The standard InChI is InChI=1S/C37H37IN2O9S/c1-6-45-29-17-24(11-15-27(29)48-20-23-9-13-26(38)14-10-23)18-31-35(42)40-34(33(36(43)47-8-3)22(4)39-37(40)50-31)25-12-16-28(30(19-25)46-7-2)49-21-32(41)44-5/h9-19,34H,6-8,20-21H2,1-5H3/b31-18-/t34-/m1/s1. The van der Waals surface area contributed by atoms with Gasteiger partial charge in [-0.1, -0.05) is 35.6 Å². The van der Waals surface area contributed by atoms with Crippen LogP contribution in [0.4, 0.5) is 0 Å². The second-order valence-electron chi connectivity index (χ2n) is 10.9. The molecule has 0 bridgehead atoms. The van der Waals surface area contributed by atoms with Gasteiger partial charge >= 0.3 is 11.9 Å². The highest BCUT2D eigenvalue weighted by Gasteiger charge is 2.34. The molecule has 0 amide bonds. The lowest BCUT2D eigenvalue weighted by Crippen LogP contribution is -2.40. The number of allylic oxidation sites excluding steroid dienone is 1. The Hall–Kier alpha value is -4.63. The molecule has 0 saturated heterocycles. The van der Waals surface area contributed by atoms with Gasteiger partial charge in [0, 0.05) is 3.57 Å². The largest absolute Gasteiger partial charge is 0.490 e. The van der Waals surface area contributed by atoms with Crippen LogP contribution in [0.1, 0.15) is 50.4 Å². The molecule has 4 aromatic rings. The van der Waals surface area contributed by atoms with Gasteiger partial charge in [0.1, 0.15) is 6.61 Å². The average molecular weight is 813 g/mol. The summed E-state index contributed by atoms with van der Waals surface area (Å²) in [6, 6.07) is 17.8. The third-order valence-corrected chi connectivity index (χ3v) is 9.25. The third-order valence-electron chi connectivity index (χ3n) is 7.55. The Balaban J connectivity index is 1.56. The first-order valence-corrected chi connectivity index (χ1v) is 17.9. The predicted octanol–water partition coefficient (Wildman–Crippen LogP) is 5.33. The normalized spacial score (nSPS) is 14.0. The maximum absolute atomic E-state index is 14.2. The topological polar surface area (TPSA) is 124 Å². The number of ether oxygens (including phenoxy) is 6. The first-order chi connectivity index (χ1) is 24.2. The Morgan fingerprint density at radius 1 is 0.880 bits per heavy atom. The van der Waals surface area contributed by atoms with Crippen LogP contribution in [0.5, 0.6) is 23.0 Å². The van der Waals surface area contributed by atoms with Gasteiger partial charge in [-0.15, -0.1) is 0 Å². The first-order valence-electron chi connectivity index (χ1n) is 16.0. The van der Waals surface area contributed by atoms with Gasteiger partial charge < -0.3 is 28.4 Å². The molecule has 50 heavy (non-hydrogen) atoms. The summed E-state index contributed by atoms with van der Waals surface area (Å²) in [5, 5.41) is 0. The smallest absolute Gasteiger partial charge is 0.343 e. The summed E-state index contributed by atoms with van der Waals surface area (Å²) in [5.74, 6) is 0.645. The molecule has 13 heteroatoms. The van der Waals surface area contributed by atoms with Crippen molar-refractivity contribution in [1.29, 1.82) is 0 Å². The van der Waals surface area contributed by atoms with Crippen molar-refractivity contribution in [1.82, 2.24) is 4.57 Å². The number of hydrogen-bond acceptors (Lipinski definition) is 11. The van der Waals surface area contributed by atoms with E-state index in [-0.39, 0.29) is 24.3 Å². The summed E-state index contributed by atoms with van der Waals surface area (Å²) in [4.78, 5) is 44.5. The lowest BCUT2D eigenvalue weighted by Gasteiger charge is -2.25. The quantitative estimate of drug-likeness (QED) is 0.123. The van der Waals surface area contributed by atoms with Crippen LogP contribution in [0.25, 0.3) is 6.08 Å². The fourth-order valence-electron chi connectivity index (χ4n) is 5.28. The van der Waals surface area contributed by atoms with E-state index in [0.717, 1.165) is 14.7 Å². The van der Waals surface area contributed by atoms with Crippen LogP contribution in [0, 0.1) is 3.57 Å². The van der Waals surface area contributed by atoms with Gasteiger partial charge in [0.2, 0.25) is 0 Å². The van der Waals surface area contributed by atoms with Crippen molar-refractivity contribution in [3.63, 3.8) is 0 Å². The Morgan fingerprint density at radius 2 is 1.56 bits per heavy atom. The molecule has 0 radical (unpaired) electrons. The summed E-state index contributed by atoms with van der Waals surface area (Å²) >= 11 is 3.47. The van der Waals surface area contributed by atoms with E-state index in [9.17, 15) is 14.4 Å². The van der Waals surface area contributed by atoms with E-state index in [1.54, 1.807) is 38.1 Å². The summed E-state index contributed by atoms with van der Waals surface area (Å²) in [7, 11) is 1.27. The number of methoxy groups -OCH3 is 1. The highest BCUT2D eigenvalue weighted by Crippen LogP contribution is 2.36. The van der Waals surface area contributed by atoms with E-state index in [0.29, 0.717) is 63.4 Å². The van der Waals surface area contributed by atoms with E-state index in [2.05, 4.69) is 27.6 Å². The Morgan fingerprint density at radius 3 is 2.24 bits per heavy atom. The minimum Gasteiger partial charge on any atom is -0.490 e. The number of fused-ring (bicyclic) bond motifs is 1. The number of rotatable bonds is 14. The van der Waals surface area contributed by atoms with Crippen LogP contribution in [0.3, 0.4) is 0 Å². The number of nitrogens with zero attached hydrogens (tertiary/aromatic N) is 2. The van der Waals surface area contributed by atoms with Crippen LogP contribution in [0.15, 0.2) is 81.7 Å². The van der Waals surface area contributed by atoms with Gasteiger partial charge in [-0.25, -0.2) is 14.6 Å². The fraction of sp³-hybridized carbons (Fsp3) is 0.297. The zero-order chi connectivity index (χ0) is 35.8. The van der Waals surface area contributed by atoms with Gasteiger partial charge in [-0.2, -0.15) is 0 Å². The van der Waals surface area contributed by atoms with Crippen LogP contribution in [0.2, 0.25) is 0 Å². The number of thiazole rings is 1. The molecule has 0 N–H and O–H groups in total. The van der Waals surface area contributed by atoms with Crippen molar-refractivity contribution in [3.05, 3.63) is 112 Å². The average Bonchev–Trinajstić information content (AvgIpc) is 3.41. The fourth-order valence-corrected chi connectivity index (χ4v) is 6.69. The first kappa shape index (κ1) is 36.6. The number of aromatic nitrogens is 1. The Kier molecular flexibility index (Phi) is 12.4. The van der Waals surface area contributed by atoms with Crippen LogP contribution in [-0.4, -0.2) is 50.0 Å². The van der Waals surface area contributed by atoms with Crippen molar-refractivity contribution < 1.29 is 38.0 Å². The van der Waals surface area contributed by atoms with E-state index < -0.39 is 18.0 Å². The highest BCUT2D eigenvalue weighted by atomic mass is 127.